The Bertz CT molecular complexity index is 1020. The number of piperidine rings is 1. The normalized spacial score (nSPS) is 14.7. The van der Waals surface area contributed by atoms with Gasteiger partial charge in [0.2, 0.25) is 5.95 Å². The molecule has 0 radical (unpaired) electrons. The van der Waals surface area contributed by atoms with Gasteiger partial charge in [-0.15, -0.1) is 0 Å². The second-order valence-corrected chi connectivity index (χ2v) is 7.70. The first kappa shape index (κ1) is 20.0. The van der Waals surface area contributed by atoms with Gasteiger partial charge in [-0.3, -0.25) is 0 Å². The molecule has 0 saturated carbocycles. The lowest BCUT2D eigenvalue weighted by Crippen LogP contribution is -2.33. The number of benzene rings is 1. The first-order valence-electron chi connectivity index (χ1n) is 10.2. The highest BCUT2D eigenvalue weighted by Crippen LogP contribution is 2.33. The van der Waals surface area contributed by atoms with E-state index in [9.17, 15) is 0 Å². The third-order valence-corrected chi connectivity index (χ3v) is 5.60. The van der Waals surface area contributed by atoms with E-state index in [1.165, 1.54) is 12.8 Å². The first-order valence-corrected chi connectivity index (χ1v) is 10.2. The number of nitrogens with two attached hydrogens (primary N) is 1. The lowest BCUT2D eigenvalue weighted by atomic mass is 9.99. The van der Waals surface area contributed by atoms with E-state index in [2.05, 4.69) is 44.2 Å². The number of pyridine rings is 1. The highest BCUT2D eigenvalue weighted by atomic mass is 16.5. The zero-order chi connectivity index (χ0) is 21.1. The number of ether oxygens (including phenoxy) is 2. The topological polar surface area (TPSA) is 98.4 Å². The number of methoxy groups -OCH3 is 2. The molecule has 30 heavy (non-hydrogen) atoms. The molecule has 1 aromatic carbocycles. The van der Waals surface area contributed by atoms with Crippen LogP contribution in [-0.4, -0.2) is 42.3 Å². The third-order valence-electron chi connectivity index (χ3n) is 5.60. The number of hydrogen-bond donors (Lipinski definition) is 2. The molecule has 0 spiro atoms. The molecule has 0 atom stereocenters. The van der Waals surface area contributed by atoms with E-state index in [4.69, 9.17) is 15.2 Å². The largest absolute Gasteiger partial charge is 0.493 e. The van der Waals surface area contributed by atoms with Crippen molar-refractivity contribution in [2.75, 3.05) is 43.3 Å². The van der Waals surface area contributed by atoms with E-state index in [0.717, 1.165) is 35.8 Å². The van der Waals surface area contributed by atoms with Gasteiger partial charge in [-0.25, -0.2) is 9.97 Å². The molecule has 3 N–H and O–H groups in total. The van der Waals surface area contributed by atoms with Gasteiger partial charge in [0.05, 0.1) is 19.7 Å². The van der Waals surface area contributed by atoms with Crippen molar-refractivity contribution >= 4 is 28.5 Å². The number of anilines is 3. The van der Waals surface area contributed by atoms with Crippen LogP contribution in [0.3, 0.4) is 0 Å². The van der Waals surface area contributed by atoms with Crippen LogP contribution in [0.2, 0.25) is 0 Å². The lowest BCUT2D eigenvalue weighted by Gasteiger charge is -2.31. The molecule has 8 heteroatoms. The summed E-state index contributed by atoms with van der Waals surface area (Å²) in [5, 5.41) is 3.96. The summed E-state index contributed by atoms with van der Waals surface area (Å²) in [4.78, 5) is 15.9. The Labute approximate surface area is 176 Å². The monoisotopic (exact) mass is 408 g/mol. The molecule has 0 aliphatic carbocycles. The van der Waals surface area contributed by atoms with Crippen LogP contribution in [0.5, 0.6) is 11.5 Å². The number of hydrogen-bond acceptors (Lipinski definition) is 8. The Balaban J connectivity index is 1.46. The number of nitrogens with one attached hydrogen (secondary N) is 1. The van der Waals surface area contributed by atoms with Gasteiger partial charge >= 0.3 is 0 Å². The number of nitrogen functional groups attached to an aromatic ring is 1. The second kappa shape index (κ2) is 8.61. The van der Waals surface area contributed by atoms with E-state index in [1.54, 1.807) is 26.4 Å². The van der Waals surface area contributed by atoms with Crippen molar-refractivity contribution in [3.63, 3.8) is 0 Å². The maximum atomic E-state index is 6.15. The molecule has 0 bridgehead atoms. The van der Waals surface area contributed by atoms with Crippen molar-refractivity contribution in [2.24, 2.45) is 5.92 Å². The molecule has 1 saturated heterocycles. The van der Waals surface area contributed by atoms with Crippen LogP contribution >= 0.6 is 0 Å². The summed E-state index contributed by atoms with van der Waals surface area (Å²) >= 11 is 0. The van der Waals surface area contributed by atoms with E-state index in [-0.39, 0.29) is 0 Å². The summed E-state index contributed by atoms with van der Waals surface area (Å²) < 4.78 is 10.7. The van der Waals surface area contributed by atoms with Crippen molar-refractivity contribution in [3.05, 3.63) is 36.0 Å². The molecule has 1 aliphatic heterocycles. The van der Waals surface area contributed by atoms with E-state index < -0.39 is 0 Å². The van der Waals surface area contributed by atoms with Gasteiger partial charge < -0.3 is 25.4 Å². The first-order chi connectivity index (χ1) is 14.6. The quantitative estimate of drug-likeness (QED) is 0.640. The Kier molecular flexibility index (Phi) is 5.74. The van der Waals surface area contributed by atoms with Crippen LogP contribution in [0, 0.1) is 5.92 Å². The molecule has 158 valence electrons. The molecule has 4 rings (SSSR count). The van der Waals surface area contributed by atoms with Gasteiger partial charge in [0.25, 0.3) is 0 Å². The number of aromatic nitrogens is 3. The summed E-state index contributed by atoms with van der Waals surface area (Å²) in [6.07, 6.45) is 4.35. The highest BCUT2D eigenvalue weighted by Gasteiger charge is 2.17. The van der Waals surface area contributed by atoms with Crippen molar-refractivity contribution in [3.8, 4) is 11.5 Å². The van der Waals surface area contributed by atoms with Crippen LogP contribution in [0.15, 0.2) is 30.5 Å². The maximum Gasteiger partial charge on any atom is 0.225 e. The predicted molar refractivity (Wildman–Crippen MR) is 119 cm³/mol. The second-order valence-electron chi connectivity index (χ2n) is 7.70. The number of nitrogens with zero attached hydrogens (tertiary/aromatic N) is 4. The zero-order valence-electron chi connectivity index (χ0n) is 17.7. The van der Waals surface area contributed by atoms with Crippen molar-refractivity contribution in [1.29, 1.82) is 0 Å². The number of rotatable bonds is 6. The molecule has 0 amide bonds. The van der Waals surface area contributed by atoms with Gasteiger partial charge in [-0.1, -0.05) is 13.0 Å². The molecular formula is C22H28N6O2. The fourth-order valence-corrected chi connectivity index (χ4v) is 3.69. The summed E-state index contributed by atoms with van der Waals surface area (Å²) in [5.41, 5.74) is 7.89. The van der Waals surface area contributed by atoms with Crippen LogP contribution in [0.25, 0.3) is 10.9 Å². The average molecular weight is 409 g/mol. The Morgan fingerprint density at radius 3 is 2.50 bits per heavy atom. The minimum absolute atomic E-state index is 0.385. The molecule has 1 fully saturated rings. The smallest absolute Gasteiger partial charge is 0.225 e. The molecule has 8 nitrogen and oxygen atoms in total. The van der Waals surface area contributed by atoms with Gasteiger partial charge in [0, 0.05) is 37.3 Å². The van der Waals surface area contributed by atoms with Crippen molar-refractivity contribution in [1.82, 2.24) is 15.0 Å². The summed E-state index contributed by atoms with van der Waals surface area (Å²) in [6.45, 7) is 5.02. The fourth-order valence-electron chi connectivity index (χ4n) is 3.69. The molecule has 1 aliphatic rings. The molecular weight excluding hydrogens is 380 g/mol. The van der Waals surface area contributed by atoms with Crippen LogP contribution in [0.1, 0.15) is 25.3 Å². The van der Waals surface area contributed by atoms with Gasteiger partial charge in [0.15, 0.2) is 11.5 Å². The van der Waals surface area contributed by atoms with E-state index >= 15 is 0 Å². The van der Waals surface area contributed by atoms with Gasteiger partial charge in [-0.05, 0) is 36.5 Å². The van der Waals surface area contributed by atoms with E-state index in [0.29, 0.717) is 35.3 Å². The van der Waals surface area contributed by atoms with Gasteiger partial charge in [-0.2, -0.15) is 4.98 Å². The summed E-state index contributed by atoms with van der Waals surface area (Å²) in [6, 6.07) is 7.76. The summed E-state index contributed by atoms with van der Waals surface area (Å²) in [7, 11) is 3.18. The number of fused-ring (bicyclic) bond motifs is 1. The van der Waals surface area contributed by atoms with Gasteiger partial charge in [0.1, 0.15) is 11.6 Å². The van der Waals surface area contributed by atoms with Crippen LogP contribution in [-0.2, 0) is 6.54 Å². The SMILES string of the molecule is COc1cc2nc(NCc3ccc(N4CCC(C)CC4)nc3)nc(N)c2cc1OC. The third kappa shape index (κ3) is 4.17. The lowest BCUT2D eigenvalue weighted by molar-refractivity contribution is 0.356. The van der Waals surface area contributed by atoms with E-state index in [1.807, 2.05) is 6.20 Å². The zero-order valence-corrected chi connectivity index (χ0v) is 17.7. The Morgan fingerprint density at radius 1 is 1.10 bits per heavy atom. The van der Waals surface area contributed by atoms with Crippen molar-refractivity contribution in [2.45, 2.75) is 26.3 Å². The standard InChI is InChI=1S/C22H28N6O2/c1-14-6-8-28(9-7-14)20-5-4-15(12-24-20)13-25-22-26-17-11-19(30-3)18(29-2)10-16(17)21(23)27-22/h4-5,10-12,14H,6-9,13H2,1-3H3,(H3,23,25,26,27). The van der Waals surface area contributed by atoms with Crippen LogP contribution < -0.4 is 25.4 Å². The Hall–Kier alpha value is -3.29. The molecule has 3 heterocycles. The molecule has 2 aromatic heterocycles. The average Bonchev–Trinajstić information content (AvgIpc) is 2.78. The van der Waals surface area contributed by atoms with Crippen LogP contribution in [0.4, 0.5) is 17.6 Å². The Morgan fingerprint density at radius 2 is 1.83 bits per heavy atom. The minimum Gasteiger partial charge on any atom is -0.493 e. The van der Waals surface area contributed by atoms with Crippen molar-refractivity contribution < 1.29 is 9.47 Å². The summed E-state index contributed by atoms with van der Waals surface area (Å²) in [5.74, 6) is 3.88. The minimum atomic E-state index is 0.385. The maximum absolute atomic E-state index is 6.15. The molecule has 0 unspecified atom stereocenters. The fraction of sp³-hybridized carbons (Fsp3) is 0.409. The highest BCUT2D eigenvalue weighted by molar-refractivity contribution is 5.91. The molecule has 3 aromatic rings. The predicted octanol–water partition coefficient (Wildman–Crippen LogP) is 3.47.